The van der Waals surface area contributed by atoms with E-state index in [1.54, 1.807) is 0 Å². The average Bonchev–Trinajstić information content (AvgIpc) is 2.72. The minimum Gasteiger partial charge on any atom is -0.378 e. The number of rotatable bonds is 2. The summed E-state index contributed by atoms with van der Waals surface area (Å²) in [5.41, 5.74) is 6.84. The average molecular weight is 252 g/mol. The second-order valence-electron chi connectivity index (χ2n) is 5.62. The first-order valence-corrected chi connectivity index (χ1v) is 6.66. The molecule has 0 heterocycles. The first-order chi connectivity index (χ1) is 9.09. The van der Waals surface area contributed by atoms with Gasteiger partial charge in [-0.05, 0) is 48.5 Å². The third-order valence-corrected chi connectivity index (χ3v) is 3.91. The van der Waals surface area contributed by atoms with Crippen LogP contribution in [0.4, 0.5) is 5.69 Å². The van der Waals surface area contributed by atoms with Crippen molar-refractivity contribution in [3.63, 3.8) is 0 Å². The molecule has 0 aromatic heterocycles. The van der Waals surface area contributed by atoms with Crippen molar-refractivity contribution < 1.29 is 0 Å². The maximum atomic E-state index is 2.32. The van der Waals surface area contributed by atoms with Crippen LogP contribution < -0.4 is 4.90 Å². The SMILES string of the molecule is CN(C)c1ccc2c(c1)C(N(C)C)c1ccccc1-2. The van der Waals surface area contributed by atoms with E-state index in [9.17, 15) is 0 Å². The lowest BCUT2D eigenvalue weighted by molar-refractivity contribution is 0.348. The minimum absolute atomic E-state index is 0.367. The van der Waals surface area contributed by atoms with Crippen LogP contribution in [0.5, 0.6) is 0 Å². The zero-order chi connectivity index (χ0) is 13.6. The fourth-order valence-electron chi connectivity index (χ4n) is 3.00. The van der Waals surface area contributed by atoms with E-state index in [1.165, 1.54) is 27.9 Å². The van der Waals surface area contributed by atoms with Crippen molar-refractivity contribution in [1.82, 2.24) is 4.90 Å². The summed E-state index contributed by atoms with van der Waals surface area (Å²) in [6.07, 6.45) is 0. The molecule has 0 spiro atoms. The molecule has 2 aromatic carbocycles. The Morgan fingerprint density at radius 1 is 0.789 bits per heavy atom. The van der Waals surface area contributed by atoms with Crippen LogP contribution in [-0.2, 0) is 0 Å². The Bertz CT molecular complexity index is 614. The van der Waals surface area contributed by atoms with E-state index in [0.29, 0.717) is 6.04 Å². The van der Waals surface area contributed by atoms with Gasteiger partial charge in [-0.2, -0.15) is 0 Å². The fraction of sp³-hybridized carbons (Fsp3) is 0.294. The number of hydrogen-bond acceptors (Lipinski definition) is 2. The van der Waals surface area contributed by atoms with E-state index in [-0.39, 0.29) is 0 Å². The van der Waals surface area contributed by atoms with Crippen molar-refractivity contribution in [2.75, 3.05) is 33.1 Å². The van der Waals surface area contributed by atoms with Crippen LogP contribution in [0.2, 0.25) is 0 Å². The highest BCUT2D eigenvalue weighted by Gasteiger charge is 2.29. The Morgan fingerprint density at radius 2 is 1.47 bits per heavy atom. The van der Waals surface area contributed by atoms with Crippen LogP contribution in [0.1, 0.15) is 17.2 Å². The lowest BCUT2D eigenvalue weighted by atomic mass is 10.0. The van der Waals surface area contributed by atoms with Gasteiger partial charge in [0.1, 0.15) is 0 Å². The molecule has 1 aliphatic carbocycles. The van der Waals surface area contributed by atoms with E-state index in [2.05, 4.69) is 80.5 Å². The van der Waals surface area contributed by atoms with E-state index in [4.69, 9.17) is 0 Å². The van der Waals surface area contributed by atoms with Crippen molar-refractivity contribution in [2.24, 2.45) is 0 Å². The number of benzene rings is 2. The number of nitrogens with zero attached hydrogens (tertiary/aromatic N) is 2. The van der Waals surface area contributed by atoms with E-state index >= 15 is 0 Å². The molecule has 0 saturated carbocycles. The van der Waals surface area contributed by atoms with Gasteiger partial charge in [-0.25, -0.2) is 0 Å². The quantitative estimate of drug-likeness (QED) is 0.808. The van der Waals surface area contributed by atoms with Crippen LogP contribution in [-0.4, -0.2) is 33.1 Å². The summed E-state index contributed by atoms with van der Waals surface area (Å²) in [4.78, 5) is 4.46. The maximum Gasteiger partial charge on any atom is 0.0609 e. The van der Waals surface area contributed by atoms with Gasteiger partial charge < -0.3 is 4.90 Å². The second-order valence-corrected chi connectivity index (χ2v) is 5.62. The highest BCUT2D eigenvalue weighted by atomic mass is 15.1. The molecular formula is C17H20N2. The summed E-state index contributed by atoms with van der Waals surface area (Å²) in [6.45, 7) is 0. The fourth-order valence-corrected chi connectivity index (χ4v) is 3.00. The van der Waals surface area contributed by atoms with Crippen molar-refractivity contribution in [3.05, 3.63) is 53.6 Å². The first kappa shape index (κ1) is 12.2. The topological polar surface area (TPSA) is 6.48 Å². The van der Waals surface area contributed by atoms with Crippen molar-refractivity contribution in [1.29, 1.82) is 0 Å². The molecule has 1 unspecified atom stereocenters. The smallest absolute Gasteiger partial charge is 0.0609 e. The molecule has 1 atom stereocenters. The molecule has 98 valence electrons. The highest BCUT2D eigenvalue weighted by molar-refractivity contribution is 5.80. The monoisotopic (exact) mass is 252 g/mol. The Morgan fingerprint density at radius 3 is 2.16 bits per heavy atom. The Kier molecular flexibility index (Phi) is 2.83. The van der Waals surface area contributed by atoms with Gasteiger partial charge in [0, 0.05) is 19.8 Å². The second kappa shape index (κ2) is 4.39. The predicted molar refractivity (Wildman–Crippen MR) is 81.7 cm³/mol. The van der Waals surface area contributed by atoms with E-state index in [0.717, 1.165) is 0 Å². The molecule has 1 aliphatic rings. The lowest BCUT2D eigenvalue weighted by Crippen LogP contribution is -2.19. The molecule has 0 radical (unpaired) electrons. The van der Waals surface area contributed by atoms with Gasteiger partial charge in [0.2, 0.25) is 0 Å². The van der Waals surface area contributed by atoms with Crippen molar-refractivity contribution in [2.45, 2.75) is 6.04 Å². The summed E-state index contributed by atoms with van der Waals surface area (Å²) in [5.74, 6) is 0. The van der Waals surface area contributed by atoms with Gasteiger partial charge in [0.15, 0.2) is 0 Å². The molecule has 0 bridgehead atoms. The van der Waals surface area contributed by atoms with Crippen molar-refractivity contribution in [3.8, 4) is 11.1 Å². The van der Waals surface area contributed by atoms with Crippen LogP contribution in [0.25, 0.3) is 11.1 Å². The molecule has 3 rings (SSSR count). The summed E-state index contributed by atoms with van der Waals surface area (Å²) in [7, 11) is 8.49. The number of fused-ring (bicyclic) bond motifs is 3. The predicted octanol–water partition coefficient (Wildman–Crippen LogP) is 3.38. The van der Waals surface area contributed by atoms with Gasteiger partial charge in [0.05, 0.1) is 6.04 Å². The normalized spacial score (nSPS) is 16.4. The Balaban J connectivity index is 2.22. The summed E-state index contributed by atoms with van der Waals surface area (Å²) in [5, 5.41) is 0. The maximum absolute atomic E-state index is 2.32. The first-order valence-electron chi connectivity index (χ1n) is 6.66. The Labute approximate surface area is 115 Å². The molecule has 2 aromatic rings. The van der Waals surface area contributed by atoms with Crippen LogP contribution in [0.15, 0.2) is 42.5 Å². The Hall–Kier alpha value is -1.80. The van der Waals surface area contributed by atoms with Gasteiger partial charge in [-0.15, -0.1) is 0 Å². The number of anilines is 1. The molecule has 0 aliphatic heterocycles. The van der Waals surface area contributed by atoms with E-state index < -0.39 is 0 Å². The third kappa shape index (κ3) is 1.83. The molecule has 2 heteroatoms. The van der Waals surface area contributed by atoms with Crippen LogP contribution in [0.3, 0.4) is 0 Å². The van der Waals surface area contributed by atoms with Gasteiger partial charge in [0.25, 0.3) is 0 Å². The standard InChI is InChI=1S/C17H20N2/c1-18(2)12-9-10-14-13-7-5-6-8-15(13)17(19(3)4)16(14)11-12/h5-11,17H,1-4H3. The third-order valence-electron chi connectivity index (χ3n) is 3.91. The lowest BCUT2D eigenvalue weighted by Gasteiger charge is -2.23. The molecular weight excluding hydrogens is 232 g/mol. The van der Waals surface area contributed by atoms with Gasteiger partial charge in [-0.3, -0.25) is 4.90 Å². The van der Waals surface area contributed by atoms with Gasteiger partial charge in [-0.1, -0.05) is 30.3 Å². The van der Waals surface area contributed by atoms with Crippen LogP contribution in [0, 0.1) is 0 Å². The van der Waals surface area contributed by atoms with Crippen LogP contribution >= 0.6 is 0 Å². The zero-order valence-electron chi connectivity index (χ0n) is 12.0. The molecule has 0 fully saturated rings. The molecule has 19 heavy (non-hydrogen) atoms. The minimum atomic E-state index is 0.367. The molecule has 0 saturated heterocycles. The molecule has 0 N–H and O–H groups in total. The number of hydrogen-bond donors (Lipinski definition) is 0. The summed E-state index contributed by atoms with van der Waals surface area (Å²) in [6, 6.07) is 15.9. The van der Waals surface area contributed by atoms with E-state index in [1.807, 2.05) is 0 Å². The van der Waals surface area contributed by atoms with Gasteiger partial charge >= 0.3 is 0 Å². The zero-order valence-corrected chi connectivity index (χ0v) is 12.0. The largest absolute Gasteiger partial charge is 0.378 e. The van der Waals surface area contributed by atoms with Crippen molar-refractivity contribution >= 4 is 5.69 Å². The summed E-state index contributed by atoms with van der Waals surface area (Å²) < 4.78 is 0. The highest BCUT2D eigenvalue weighted by Crippen LogP contribution is 2.46. The summed E-state index contributed by atoms with van der Waals surface area (Å²) >= 11 is 0. The molecule has 2 nitrogen and oxygen atoms in total. The molecule has 0 amide bonds.